The van der Waals surface area contributed by atoms with E-state index in [-0.39, 0.29) is 11.9 Å². The molecule has 0 aliphatic carbocycles. The van der Waals surface area contributed by atoms with Gasteiger partial charge in [-0.3, -0.25) is 9.79 Å². The smallest absolute Gasteiger partial charge is 0.326 e. The molecule has 0 aromatic heterocycles. The van der Waals surface area contributed by atoms with Crippen LogP contribution in [0.3, 0.4) is 0 Å². The number of hydrogen-bond acceptors (Lipinski definition) is 3. The molecule has 6 N–H and O–H groups in total. The third-order valence-electron chi connectivity index (χ3n) is 3.98. The molecular weight excluding hydrogens is 320 g/mol. The molecule has 0 heterocycles. The highest BCUT2D eigenvalue weighted by Gasteiger charge is 2.18. The molecule has 0 aromatic carbocycles. The molecule has 0 aliphatic heterocycles. The average Bonchev–Trinajstić information content (AvgIpc) is 2.58. The van der Waals surface area contributed by atoms with Gasteiger partial charge >= 0.3 is 5.97 Å². The predicted molar refractivity (Wildman–Crippen MR) is 101 cm³/mol. The number of carboxylic acid groups (broad SMARTS) is 1. The molecule has 0 aromatic rings. The summed E-state index contributed by atoms with van der Waals surface area (Å²) in [5.41, 5.74) is 10.4. The van der Waals surface area contributed by atoms with Crippen molar-refractivity contribution < 1.29 is 16.1 Å². The number of hydrogen-bond donors (Lipinski definition) is 4. The molecule has 0 fully saturated rings. The van der Waals surface area contributed by atoms with Crippen molar-refractivity contribution in [1.29, 1.82) is 0 Å². The molecule has 0 spiro atoms. The molecule has 0 unspecified atom stereocenters. The number of nitrogens with two attached hydrogens (primary N) is 2. The minimum atomic E-state index is -1.03. The number of carbonyl (C=O) groups excluding carboxylic acids is 1. The maximum absolute atomic E-state index is 11.9. The van der Waals surface area contributed by atoms with Crippen molar-refractivity contribution in [1.82, 2.24) is 5.32 Å². The molecule has 25 heavy (non-hydrogen) atoms. The first-order chi connectivity index (χ1) is 12.5. The fourth-order valence-electron chi connectivity index (χ4n) is 2.55. The summed E-state index contributed by atoms with van der Waals surface area (Å²) in [6, 6.07) is -0.889. The van der Waals surface area contributed by atoms with Gasteiger partial charge in [0, 0.05) is 14.3 Å². The zero-order valence-corrected chi connectivity index (χ0v) is 15.3. The number of carbonyl (C=O) groups is 2. The highest BCUT2D eigenvalue weighted by molar-refractivity contribution is 5.83. The van der Waals surface area contributed by atoms with Gasteiger partial charge < -0.3 is 21.9 Å². The van der Waals surface area contributed by atoms with Crippen molar-refractivity contribution in [3.63, 3.8) is 0 Å². The Balaban J connectivity index is 3.70. The summed E-state index contributed by atoms with van der Waals surface area (Å²) in [4.78, 5) is 26.9. The van der Waals surface area contributed by atoms with Gasteiger partial charge in [0.05, 0.1) is 0 Å². The lowest BCUT2D eigenvalue weighted by Gasteiger charge is -2.14. The van der Waals surface area contributed by atoms with Crippen molar-refractivity contribution in [3.05, 3.63) is 0 Å². The summed E-state index contributed by atoms with van der Waals surface area (Å²) in [5.74, 6) is -1.27. The monoisotopic (exact) mass is 357 g/mol. The molecule has 0 radical (unpaired) electrons. The van der Waals surface area contributed by atoms with Gasteiger partial charge in [-0.2, -0.15) is 0 Å². The number of carboxylic acids is 1. The van der Waals surface area contributed by atoms with E-state index in [0.717, 1.165) is 32.1 Å². The number of rotatable bonds is 16. The van der Waals surface area contributed by atoms with Crippen LogP contribution in [0.15, 0.2) is 4.99 Å². The Morgan fingerprint density at radius 3 is 2.20 bits per heavy atom. The number of aliphatic carboxylic acids is 1. The Morgan fingerprint density at radius 1 is 1.04 bits per heavy atom. The van der Waals surface area contributed by atoms with Crippen LogP contribution in [0.25, 0.3) is 0 Å². The second-order valence-electron chi connectivity index (χ2n) is 6.34. The number of amides is 1. The first-order valence-electron chi connectivity index (χ1n) is 10.0. The molecule has 146 valence electrons. The quantitative estimate of drug-likeness (QED) is 0.191. The second-order valence-corrected chi connectivity index (χ2v) is 6.34. The van der Waals surface area contributed by atoms with Crippen molar-refractivity contribution in [3.8, 4) is 0 Å². The van der Waals surface area contributed by atoms with Crippen LogP contribution in [0.2, 0.25) is 0 Å². The maximum atomic E-state index is 11.9. The van der Waals surface area contributed by atoms with Gasteiger partial charge in [0.15, 0.2) is 5.96 Å². The van der Waals surface area contributed by atoms with Gasteiger partial charge in [-0.05, 0) is 19.3 Å². The number of unbranched alkanes of at least 4 members (excludes halogenated alkanes) is 8. The summed E-state index contributed by atoms with van der Waals surface area (Å²) in [5, 5.41) is 11.7. The number of nitrogens with zero attached hydrogens (tertiary/aromatic N) is 1. The average molecular weight is 358 g/mol. The first-order valence-corrected chi connectivity index (χ1v) is 9.34. The Morgan fingerprint density at radius 2 is 1.64 bits per heavy atom. The van der Waals surface area contributed by atoms with Crippen molar-refractivity contribution in [2.45, 2.75) is 90.0 Å². The van der Waals surface area contributed by atoms with E-state index in [1.807, 2.05) is 0 Å². The zero-order valence-electron chi connectivity index (χ0n) is 16.3. The van der Waals surface area contributed by atoms with Crippen LogP contribution in [0, 0.1) is 0 Å². The molecule has 0 rings (SSSR count). The van der Waals surface area contributed by atoms with Crippen molar-refractivity contribution in [2.24, 2.45) is 16.5 Å². The Labute approximate surface area is 153 Å². The summed E-state index contributed by atoms with van der Waals surface area (Å²) < 4.78 is 7.07. The van der Waals surface area contributed by atoms with E-state index >= 15 is 0 Å². The van der Waals surface area contributed by atoms with Crippen molar-refractivity contribution >= 4 is 17.8 Å². The van der Waals surface area contributed by atoms with Crippen LogP contribution in [0.5, 0.6) is 0 Å². The van der Waals surface area contributed by atoms with E-state index in [2.05, 4.69) is 10.3 Å². The SMILES string of the molecule is [2H]CCCCCCCCCCCC(=O)N[C@@H](CCCN=C(N)N)C(=O)O. The topological polar surface area (TPSA) is 131 Å². The lowest BCUT2D eigenvalue weighted by Crippen LogP contribution is -2.40. The molecule has 0 aliphatic rings. The lowest BCUT2D eigenvalue weighted by atomic mass is 10.1. The summed E-state index contributed by atoms with van der Waals surface area (Å²) >= 11 is 0. The Bertz CT molecular complexity index is 415. The molecule has 0 saturated carbocycles. The minimum Gasteiger partial charge on any atom is -0.480 e. The van der Waals surface area contributed by atoms with Crippen molar-refractivity contribution in [2.75, 3.05) is 6.54 Å². The van der Waals surface area contributed by atoms with E-state index in [1.54, 1.807) is 0 Å². The van der Waals surface area contributed by atoms with Crippen LogP contribution in [0.4, 0.5) is 0 Å². The molecule has 1 amide bonds. The van der Waals surface area contributed by atoms with Gasteiger partial charge in [0.1, 0.15) is 6.04 Å². The zero-order chi connectivity index (χ0) is 19.6. The van der Waals surface area contributed by atoms with Gasteiger partial charge in [0.2, 0.25) is 5.91 Å². The first kappa shape index (κ1) is 21.3. The highest BCUT2D eigenvalue weighted by Crippen LogP contribution is 2.10. The molecular formula is C18H36N4O3. The Hall–Kier alpha value is -1.79. The molecule has 7 heteroatoms. The molecule has 0 bridgehead atoms. The Kier molecular flexibility index (Phi) is 13.4. The molecule has 7 nitrogen and oxygen atoms in total. The number of nitrogens with one attached hydrogen (secondary N) is 1. The number of guanidine groups is 1. The third kappa shape index (κ3) is 15.5. The lowest BCUT2D eigenvalue weighted by molar-refractivity contribution is -0.142. The van der Waals surface area contributed by atoms with Crippen LogP contribution in [-0.2, 0) is 9.59 Å². The van der Waals surface area contributed by atoms with E-state index in [9.17, 15) is 9.59 Å². The number of aliphatic imine (C=N–C) groups is 1. The fourth-order valence-corrected chi connectivity index (χ4v) is 2.55. The standard InChI is InChI=1S/C18H36N4O3/c1-2-3-4-5-6-7-8-9-10-13-16(23)22-15(17(24)25)12-11-14-21-18(19)20/h15H,2-14H2,1H3,(H,22,23)(H,24,25)(H4,19,20,21)/t15-/m0/s1/i1D. The van der Waals surface area contributed by atoms with Gasteiger partial charge in [-0.1, -0.05) is 58.3 Å². The molecule has 1 atom stereocenters. The summed E-state index contributed by atoms with van der Waals surface area (Å²) in [6.07, 6.45) is 11.0. The summed E-state index contributed by atoms with van der Waals surface area (Å²) in [6.45, 7) is 0.881. The van der Waals surface area contributed by atoms with E-state index < -0.39 is 12.0 Å². The minimum absolute atomic E-state index is 0.0197. The van der Waals surface area contributed by atoms with E-state index in [1.165, 1.54) is 25.7 Å². The maximum Gasteiger partial charge on any atom is 0.326 e. The molecule has 0 saturated heterocycles. The largest absolute Gasteiger partial charge is 0.480 e. The van der Waals surface area contributed by atoms with Crippen LogP contribution < -0.4 is 16.8 Å². The van der Waals surface area contributed by atoms with Crippen LogP contribution >= 0.6 is 0 Å². The second kappa shape index (κ2) is 15.7. The van der Waals surface area contributed by atoms with E-state index in [0.29, 0.717) is 32.7 Å². The van der Waals surface area contributed by atoms with Gasteiger partial charge in [-0.25, -0.2) is 4.79 Å². The highest BCUT2D eigenvalue weighted by atomic mass is 16.4. The summed E-state index contributed by atoms with van der Waals surface area (Å²) in [7, 11) is 0. The fraction of sp³-hybridized carbons (Fsp3) is 0.833. The third-order valence-corrected chi connectivity index (χ3v) is 3.98. The van der Waals surface area contributed by atoms with Gasteiger partial charge in [0.25, 0.3) is 0 Å². The predicted octanol–water partition coefficient (Wildman–Crippen LogP) is 2.53. The van der Waals surface area contributed by atoms with Crippen LogP contribution in [-0.4, -0.2) is 35.5 Å². The normalized spacial score (nSPS) is 12.2. The van der Waals surface area contributed by atoms with Crippen LogP contribution in [0.1, 0.15) is 85.3 Å². The van der Waals surface area contributed by atoms with Gasteiger partial charge in [-0.15, -0.1) is 0 Å². The van der Waals surface area contributed by atoms with E-state index in [4.69, 9.17) is 17.9 Å².